The lowest BCUT2D eigenvalue weighted by Gasteiger charge is -2.14. The lowest BCUT2D eigenvalue weighted by atomic mass is 10.2. The van der Waals surface area contributed by atoms with Gasteiger partial charge in [-0.2, -0.15) is 0 Å². The molecule has 0 saturated carbocycles. The third kappa shape index (κ3) is 4.92. The number of anilines is 1. The van der Waals surface area contributed by atoms with E-state index in [4.69, 9.17) is 16.3 Å². The maximum Gasteiger partial charge on any atom is 0.255 e. The van der Waals surface area contributed by atoms with Crippen molar-refractivity contribution in [3.05, 3.63) is 77.6 Å². The number of nitrogens with one attached hydrogen (secondary N) is 1. The molecule has 150 valence electrons. The molecule has 0 aliphatic rings. The second-order valence-electron chi connectivity index (χ2n) is 6.20. The van der Waals surface area contributed by atoms with Gasteiger partial charge in [-0.1, -0.05) is 11.6 Å². The van der Waals surface area contributed by atoms with Gasteiger partial charge in [0.15, 0.2) is 0 Å². The Balaban J connectivity index is 1.75. The molecule has 1 N–H and O–H groups in total. The molecule has 0 spiro atoms. The van der Waals surface area contributed by atoms with Gasteiger partial charge in [0.25, 0.3) is 5.91 Å². The topological polar surface area (TPSA) is 88.6 Å². The lowest BCUT2D eigenvalue weighted by molar-refractivity contribution is 0.102. The fourth-order valence-electron chi connectivity index (χ4n) is 2.39. The van der Waals surface area contributed by atoms with Crippen molar-refractivity contribution in [3.8, 4) is 11.5 Å². The van der Waals surface area contributed by atoms with Gasteiger partial charge in [0.2, 0.25) is 10.0 Å². The van der Waals surface area contributed by atoms with Crippen molar-refractivity contribution >= 4 is 33.2 Å². The van der Waals surface area contributed by atoms with E-state index in [0.717, 1.165) is 4.31 Å². The first kappa shape index (κ1) is 20.8. The zero-order chi connectivity index (χ0) is 21.0. The van der Waals surface area contributed by atoms with E-state index in [0.29, 0.717) is 17.2 Å². The molecule has 0 unspecified atom stereocenters. The smallest absolute Gasteiger partial charge is 0.255 e. The maximum atomic E-state index is 12.5. The molecule has 1 amide bonds. The molecule has 0 aliphatic carbocycles. The van der Waals surface area contributed by atoms with Crippen LogP contribution in [0.5, 0.6) is 11.5 Å². The Morgan fingerprint density at radius 2 is 1.62 bits per heavy atom. The molecule has 29 heavy (non-hydrogen) atoms. The summed E-state index contributed by atoms with van der Waals surface area (Å²) in [5.74, 6) is 0.785. The van der Waals surface area contributed by atoms with Crippen LogP contribution in [0.3, 0.4) is 0 Å². The maximum absolute atomic E-state index is 12.5. The predicted octanol–water partition coefficient (Wildman–Crippen LogP) is 4.03. The van der Waals surface area contributed by atoms with Crippen LogP contribution in [0.1, 0.15) is 10.4 Å². The van der Waals surface area contributed by atoms with Crippen molar-refractivity contribution in [1.29, 1.82) is 0 Å². The zero-order valence-corrected chi connectivity index (χ0v) is 17.2. The van der Waals surface area contributed by atoms with E-state index in [9.17, 15) is 13.2 Å². The number of carbonyl (C=O) groups excluding carboxylic acids is 1. The second-order valence-corrected chi connectivity index (χ2v) is 8.72. The van der Waals surface area contributed by atoms with Crippen molar-refractivity contribution in [2.75, 3.05) is 19.4 Å². The van der Waals surface area contributed by atoms with Gasteiger partial charge in [-0.15, -0.1) is 0 Å². The highest BCUT2D eigenvalue weighted by molar-refractivity contribution is 7.89. The number of hydrogen-bond donors (Lipinski definition) is 1. The van der Waals surface area contributed by atoms with Crippen molar-refractivity contribution in [1.82, 2.24) is 9.29 Å². The Morgan fingerprint density at radius 1 is 1.00 bits per heavy atom. The van der Waals surface area contributed by atoms with Gasteiger partial charge in [0, 0.05) is 37.7 Å². The molecule has 1 heterocycles. The first-order valence-electron chi connectivity index (χ1n) is 8.49. The van der Waals surface area contributed by atoms with E-state index < -0.39 is 15.9 Å². The fourth-order valence-corrected chi connectivity index (χ4v) is 3.78. The van der Waals surface area contributed by atoms with Gasteiger partial charge in [-0.05, 0) is 54.6 Å². The third-order valence-corrected chi connectivity index (χ3v) is 6.25. The zero-order valence-electron chi connectivity index (χ0n) is 15.7. The summed E-state index contributed by atoms with van der Waals surface area (Å²) in [4.78, 5) is 16.3. The van der Waals surface area contributed by atoms with Gasteiger partial charge in [-0.25, -0.2) is 12.7 Å². The van der Waals surface area contributed by atoms with E-state index in [1.807, 2.05) is 0 Å². The number of amides is 1. The van der Waals surface area contributed by atoms with Crippen molar-refractivity contribution < 1.29 is 17.9 Å². The summed E-state index contributed by atoms with van der Waals surface area (Å²) in [7, 11) is -0.978. The van der Waals surface area contributed by atoms with E-state index in [1.165, 1.54) is 32.3 Å². The number of sulfonamides is 1. The normalized spacial score (nSPS) is 11.3. The average Bonchev–Trinajstić information content (AvgIpc) is 2.70. The Hall–Kier alpha value is -2.94. The molecule has 9 heteroatoms. The highest BCUT2D eigenvalue weighted by Gasteiger charge is 2.22. The highest BCUT2D eigenvalue weighted by Crippen LogP contribution is 2.26. The first-order chi connectivity index (χ1) is 13.8. The number of benzene rings is 2. The molecule has 0 fully saturated rings. The number of rotatable bonds is 6. The molecular weight excluding hydrogens is 414 g/mol. The van der Waals surface area contributed by atoms with Crippen LogP contribution >= 0.6 is 11.6 Å². The van der Waals surface area contributed by atoms with Gasteiger partial charge in [0.05, 0.1) is 5.02 Å². The van der Waals surface area contributed by atoms with Gasteiger partial charge in [-0.3, -0.25) is 9.78 Å². The molecule has 3 aromatic rings. The number of pyridine rings is 1. The molecule has 1 aromatic heterocycles. The van der Waals surface area contributed by atoms with Crippen molar-refractivity contribution in [3.63, 3.8) is 0 Å². The van der Waals surface area contributed by atoms with Crippen LogP contribution in [0.15, 0.2) is 71.9 Å². The molecule has 0 bridgehead atoms. The summed E-state index contributed by atoms with van der Waals surface area (Å²) < 4.78 is 31.4. The summed E-state index contributed by atoms with van der Waals surface area (Å²) in [6, 6.07) is 14.4. The van der Waals surface area contributed by atoms with E-state index in [1.54, 1.807) is 48.8 Å². The summed E-state index contributed by atoms with van der Waals surface area (Å²) in [6.07, 6.45) is 3.25. The van der Waals surface area contributed by atoms with Crippen LogP contribution in [0.25, 0.3) is 0 Å². The van der Waals surface area contributed by atoms with E-state index in [-0.39, 0.29) is 15.5 Å². The minimum atomic E-state index is -3.77. The average molecular weight is 432 g/mol. The van der Waals surface area contributed by atoms with Crippen LogP contribution < -0.4 is 10.1 Å². The van der Waals surface area contributed by atoms with Gasteiger partial charge in [0.1, 0.15) is 16.4 Å². The summed E-state index contributed by atoms with van der Waals surface area (Å²) in [6.45, 7) is 0. The standard InChI is InChI=1S/C20H18ClN3O4S/c1-24(2)29(26,27)19-13-14(3-8-18(19)21)20(25)23-15-4-6-16(7-5-15)28-17-9-11-22-12-10-17/h3-13H,1-2H3,(H,23,25). The molecule has 0 aliphatic heterocycles. The van der Waals surface area contributed by atoms with Crippen LogP contribution in [-0.2, 0) is 10.0 Å². The molecule has 0 atom stereocenters. The quantitative estimate of drug-likeness (QED) is 0.636. The number of aromatic nitrogens is 1. The minimum absolute atomic E-state index is 0.0489. The third-order valence-electron chi connectivity index (χ3n) is 3.95. The molecular formula is C20H18ClN3O4S. The first-order valence-corrected chi connectivity index (χ1v) is 10.3. The van der Waals surface area contributed by atoms with Gasteiger partial charge < -0.3 is 10.1 Å². The van der Waals surface area contributed by atoms with Crippen molar-refractivity contribution in [2.24, 2.45) is 0 Å². The van der Waals surface area contributed by atoms with Crippen LogP contribution in [-0.4, -0.2) is 37.7 Å². The van der Waals surface area contributed by atoms with Crippen molar-refractivity contribution in [2.45, 2.75) is 4.90 Å². The highest BCUT2D eigenvalue weighted by atomic mass is 35.5. The predicted molar refractivity (Wildman–Crippen MR) is 111 cm³/mol. The fraction of sp³-hybridized carbons (Fsp3) is 0.100. The summed E-state index contributed by atoms with van der Waals surface area (Å²) in [5.41, 5.74) is 0.705. The molecule has 7 nitrogen and oxygen atoms in total. The van der Waals surface area contributed by atoms with E-state index in [2.05, 4.69) is 10.3 Å². The van der Waals surface area contributed by atoms with Crippen LogP contribution in [0.4, 0.5) is 5.69 Å². The second kappa shape index (κ2) is 8.60. The number of halogens is 1. The van der Waals surface area contributed by atoms with Crippen LogP contribution in [0, 0.1) is 0 Å². The molecule has 2 aromatic carbocycles. The number of nitrogens with zero attached hydrogens (tertiary/aromatic N) is 2. The Morgan fingerprint density at radius 3 is 2.24 bits per heavy atom. The summed E-state index contributed by atoms with van der Waals surface area (Å²) >= 11 is 6.02. The van der Waals surface area contributed by atoms with E-state index >= 15 is 0 Å². The Bertz CT molecular complexity index is 1120. The Kier molecular flexibility index (Phi) is 6.17. The SMILES string of the molecule is CN(C)S(=O)(=O)c1cc(C(=O)Nc2ccc(Oc3ccncc3)cc2)ccc1Cl. The van der Waals surface area contributed by atoms with Crippen LogP contribution in [0.2, 0.25) is 5.02 Å². The summed E-state index contributed by atoms with van der Waals surface area (Å²) in [5, 5.41) is 2.77. The largest absolute Gasteiger partial charge is 0.457 e. The Labute approximate surface area is 174 Å². The minimum Gasteiger partial charge on any atom is -0.457 e. The molecule has 3 rings (SSSR count). The molecule has 0 saturated heterocycles. The monoisotopic (exact) mass is 431 g/mol. The number of carbonyl (C=O) groups is 1. The molecule has 0 radical (unpaired) electrons. The number of ether oxygens (including phenoxy) is 1. The van der Waals surface area contributed by atoms with Gasteiger partial charge >= 0.3 is 0 Å². The number of hydrogen-bond acceptors (Lipinski definition) is 5. The lowest BCUT2D eigenvalue weighted by Crippen LogP contribution is -2.23.